The molecule has 0 amide bonds. The van der Waals surface area contributed by atoms with Crippen molar-refractivity contribution in [2.24, 2.45) is 14.1 Å². The normalized spacial score (nSPS) is 10.4. The number of carboxylic acids is 1. The number of aryl methyl sites for hydroxylation is 4. The molecule has 0 atom stereocenters. The van der Waals surface area contributed by atoms with Crippen LogP contribution in [0.3, 0.4) is 0 Å². The van der Waals surface area contributed by atoms with Crippen molar-refractivity contribution in [2.45, 2.75) is 58.5 Å². The number of rotatable bonds is 19. The topological polar surface area (TPSA) is 178 Å². The first-order valence-electron chi connectivity index (χ1n) is 17.0. The summed E-state index contributed by atoms with van der Waals surface area (Å²) < 4.78 is 9.21. The second-order valence-corrected chi connectivity index (χ2v) is 29.0. The second-order valence-electron chi connectivity index (χ2n) is 12.0. The Morgan fingerprint density at radius 3 is 1.58 bits per heavy atom. The predicted molar refractivity (Wildman–Crippen MR) is 251 cm³/mol. The Balaban J connectivity index is 0. The number of hydrogen-bond acceptors (Lipinski definition) is 9. The van der Waals surface area contributed by atoms with E-state index in [9.17, 15) is 19.8 Å². The van der Waals surface area contributed by atoms with Crippen molar-refractivity contribution >= 4 is 142 Å². The van der Waals surface area contributed by atoms with Crippen molar-refractivity contribution in [1.82, 2.24) is 19.1 Å². The molecule has 316 valence electrons. The Bertz CT molecular complexity index is 1670. The molecule has 0 saturated heterocycles. The van der Waals surface area contributed by atoms with Crippen molar-refractivity contribution < 1.29 is 48.4 Å². The smallest absolute Gasteiger partial charge is 0.412 e. The number of fused-ring (bicyclic) bond motifs is 2. The molecule has 2 aromatic heterocycles. The zero-order valence-corrected chi connectivity index (χ0v) is 42.5. The fourth-order valence-electron chi connectivity index (χ4n) is 5.61. The van der Waals surface area contributed by atoms with Gasteiger partial charge in [0.05, 0.1) is 41.4 Å². The number of anilines is 2. The second kappa shape index (κ2) is 31.5. The zero-order chi connectivity index (χ0) is 38.6. The Morgan fingerprint density at radius 1 is 0.818 bits per heavy atom. The van der Waals surface area contributed by atoms with Gasteiger partial charge in [0.15, 0.2) is 0 Å². The molecule has 0 bridgehead atoms. The number of nitrogens with zero attached hydrogens (tertiary/aromatic N) is 6. The molecule has 0 unspecified atom stereocenters. The van der Waals surface area contributed by atoms with Crippen molar-refractivity contribution in [3.8, 4) is 0 Å². The van der Waals surface area contributed by atoms with Gasteiger partial charge in [-0.25, -0.2) is 9.97 Å². The molecule has 0 spiro atoms. The van der Waals surface area contributed by atoms with Gasteiger partial charge < -0.3 is 44.5 Å². The van der Waals surface area contributed by atoms with E-state index in [2.05, 4.69) is 47.1 Å². The first-order valence-corrected chi connectivity index (χ1v) is 30.6. The number of alkyl halides is 2. The SMILES string of the molecule is CC(C)OC(=O)CCCc1nc2cc(N(CCO)CCO)ccc2n1C.Cl.Cn1c(CCCC(=O)O)nc2cc(N(CCCl)CCCl)ccc21.I.I[I-]I.O. The number of carbonyl (C=O) groups is 2. The summed E-state index contributed by atoms with van der Waals surface area (Å²) in [7, 11) is 3.93. The third-order valence-corrected chi connectivity index (χ3v) is 8.37. The van der Waals surface area contributed by atoms with Crippen LogP contribution in [0, 0.1) is 0 Å². The number of aliphatic hydroxyl groups excluding tert-OH is 2. The molecular formula is C35H54Cl3I4N6O7-. The summed E-state index contributed by atoms with van der Waals surface area (Å²) in [6.07, 6.45) is 3.09. The Labute approximate surface area is 387 Å². The minimum atomic E-state index is -0.774. The number of carboxylic acid groups (broad SMARTS) is 1. The van der Waals surface area contributed by atoms with Crippen LogP contribution in [0.2, 0.25) is 0 Å². The maximum absolute atomic E-state index is 11.6. The van der Waals surface area contributed by atoms with E-state index in [0.29, 0.717) is 70.2 Å². The predicted octanol–water partition coefficient (Wildman–Crippen LogP) is 3.89. The summed E-state index contributed by atoms with van der Waals surface area (Å²) in [6.45, 7) is 6.13. The fourth-order valence-corrected chi connectivity index (χ4v) is 6.02. The van der Waals surface area contributed by atoms with Gasteiger partial charge in [0.2, 0.25) is 0 Å². The number of aliphatic hydroxyl groups is 2. The van der Waals surface area contributed by atoms with Gasteiger partial charge in [-0.15, -0.1) is 59.6 Å². The Hall–Kier alpha value is -0.410. The molecule has 4 rings (SSSR count). The first-order chi connectivity index (χ1) is 24.9. The van der Waals surface area contributed by atoms with Gasteiger partial charge in [0, 0.05) is 89.1 Å². The maximum Gasteiger partial charge on any atom is -0.412 e. The van der Waals surface area contributed by atoms with Crippen LogP contribution in [0.5, 0.6) is 0 Å². The van der Waals surface area contributed by atoms with E-state index in [4.69, 9.17) is 38.0 Å². The minimum Gasteiger partial charge on any atom is -0.412 e. The van der Waals surface area contributed by atoms with Crippen LogP contribution < -0.4 is 23.1 Å². The first kappa shape index (κ1) is 56.7. The van der Waals surface area contributed by atoms with E-state index < -0.39 is 5.97 Å². The number of esters is 1. The van der Waals surface area contributed by atoms with Gasteiger partial charge in [0.1, 0.15) is 11.6 Å². The third-order valence-electron chi connectivity index (χ3n) is 8.03. The standard InChI is InChI=1S/C19H29N3O4.C16H21Cl2N3O2.ClH.I3.HI.H2O/c1-14(2)26-19(25)6-4-5-18-20-16-13-15(7-8-17(16)21(18)3)22(9-11-23)10-12-24;1-20-14-6-5-12(21(9-7-17)10-8-18)11-13(14)19-15(20)3-2-4-16(22)23;;1-3-2;;/h7-8,13-14,23-24H,4-6,9-12H2,1-3H3;5-6,11H,2-4,7-10H2,1H3,(H,22,23);1H;;1H;1H2/q;;;-1;;. The van der Waals surface area contributed by atoms with Crippen LogP contribution in [0.25, 0.3) is 22.1 Å². The van der Waals surface area contributed by atoms with Gasteiger partial charge >= 0.3 is 62.4 Å². The summed E-state index contributed by atoms with van der Waals surface area (Å²) in [5.74, 6) is 1.95. The molecule has 2 heterocycles. The molecule has 13 nitrogen and oxygen atoms in total. The number of aromatic nitrogens is 4. The van der Waals surface area contributed by atoms with Gasteiger partial charge in [0.25, 0.3) is 0 Å². The van der Waals surface area contributed by atoms with E-state index in [-0.39, 0.29) is 73.6 Å². The monoisotopic (exact) mass is 1280 g/mol. The Morgan fingerprint density at radius 2 is 1.22 bits per heavy atom. The molecule has 0 aliphatic heterocycles. The molecule has 55 heavy (non-hydrogen) atoms. The molecule has 0 aliphatic carbocycles. The maximum atomic E-state index is 11.6. The molecule has 0 fully saturated rings. The quantitative estimate of drug-likeness (QED) is 0.0710. The summed E-state index contributed by atoms with van der Waals surface area (Å²) >= 11 is 17.0. The molecule has 5 N–H and O–H groups in total. The number of aliphatic carboxylic acids is 1. The average molecular weight is 1280 g/mol. The molecule has 20 heteroatoms. The third kappa shape index (κ3) is 19.5. The van der Waals surface area contributed by atoms with E-state index in [0.717, 1.165) is 58.2 Å². The van der Waals surface area contributed by atoms with Gasteiger partial charge in [-0.1, -0.05) is 0 Å². The van der Waals surface area contributed by atoms with Crippen LogP contribution in [-0.2, 0) is 41.3 Å². The van der Waals surface area contributed by atoms with Crippen molar-refractivity contribution in [3.05, 3.63) is 48.0 Å². The molecule has 0 radical (unpaired) electrons. The van der Waals surface area contributed by atoms with E-state index in [1.807, 2.05) is 78.4 Å². The van der Waals surface area contributed by atoms with Gasteiger partial charge in [-0.05, 0) is 63.1 Å². The zero-order valence-electron chi connectivity index (χ0n) is 31.4. The van der Waals surface area contributed by atoms with E-state index in [1.54, 1.807) is 0 Å². The molecule has 0 saturated carbocycles. The summed E-state index contributed by atoms with van der Waals surface area (Å²) in [5, 5.41) is 27.1. The summed E-state index contributed by atoms with van der Waals surface area (Å²) in [6, 6.07) is 12.1. The van der Waals surface area contributed by atoms with E-state index in [1.165, 1.54) is 0 Å². The number of halogens is 7. The van der Waals surface area contributed by atoms with Crippen LogP contribution in [0.15, 0.2) is 36.4 Å². The number of carbonyl (C=O) groups excluding carboxylic acids is 1. The van der Waals surface area contributed by atoms with Gasteiger partial charge in [-0.3, -0.25) is 9.59 Å². The number of benzene rings is 2. The average Bonchev–Trinajstić information content (AvgIpc) is 3.58. The summed E-state index contributed by atoms with van der Waals surface area (Å²) in [4.78, 5) is 35.7. The van der Waals surface area contributed by atoms with Crippen molar-refractivity contribution in [1.29, 1.82) is 0 Å². The molecule has 2 aromatic carbocycles. The Kier molecular flexibility index (Phi) is 32.5. The number of imidazole rings is 2. The number of ether oxygens (including phenoxy) is 1. The summed E-state index contributed by atoms with van der Waals surface area (Å²) in [5.41, 5.74) is 5.80. The van der Waals surface area contributed by atoms with Crippen molar-refractivity contribution in [3.63, 3.8) is 0 Å². The van der Waals surface area contributed by atoms with Crippen LogP contribution in [0.1, 0.15) is 51.2 Å². The van der Waals surface area contributed by atoms with E-state index >= 15 is 0 Å². The van der Waals surface area contributed by atoms with Crippen molar-refractivity contribution in [2.75, 3.05) is 61.0 Å². The largest absolute Gasteiger partial charge is 0.412 e. The van der Waals surface area contributed by atoms with Gasteiger partial charge in [-0.2, -0.15) is 0 Å². The molecular weight excluding hydrogens is 1230 g/mol. The number of hydrogen-bond donors (Lipinski definition) is 3. The molecule has 4 aromatic rings. The van der Waals surface area contributed by atoms with Crippen LogP contribution in [-0.4, -0.2) is 109 Å². The van der Waals surface area contributed by atoms with Crippen LogP contribution in [0.4, 0.5) is 11.4 Å². The fraction of sp³-hybridized carbons (Fsp3) is 0.543. The minimum absolute atomic E-state index is 0. The van der Waals surface area contributed by atoms with Crippen LogP contribution >= 0.6 is 96.8 Å². The molecule has 0 aliphatic rings.